The van der Waals surface area contributed by atoms with Crippen molar-refractivity contribution in [3.63, 3.8) is 0 Å². The van der Waals surface area contributed by atoms with Crippen molar-refractivity contribution in [2.45, 2.75) is 122 Å². The molecule has 0 aliphatic heterocycles. The Morgan fingerprint density at radius 1 is 0.640 bits per heavy atom. The van der Waals surface area contributed by atoms with Crippen LogP contribution in [0.1, 0.15) is 148 Å². The van der Waals surface area contributed by atoms with Crippen LogP contribution in [0.15, 0.2) is 60.7 Å². The zero-order chi connectivity index (χ0) is 35.7. The Hall–Kier alpha value is -3.94. The molecule has 8 heteroatoms. The third kappa shape index (κ3) is 12.1. The van der Waals surface area contributed by atoms with Crippen LogP contribution in [0.25, 0.3) is 0 Å². The fourth-order valence-corrected chi connectivity index (χ4v) is 6.52. The third-order valence-corrected chi connectivity index (χ3v) is 9.48. The summed E-state index contributed by atoms with van der Waals surface area (Å²) in [6.07, 6.45) is 12.0. The lowest BCUT2D eigenvalue weighted by molar-refractivity contribution is 0.0322. The van der Waals surface area contributed by atoms with Gasteiger partial charge in [0, 0.05) is 0 Å². The van der Waals surface area contributed by atoms with E-state index in [1.165, 1.54) is 19.3 Å². The number of hydrogen-bond acceptors (Lipinski definition) is 6. The molecule has 1 fully saturated rings. The summed E-state index contributed by atoms with van der Waals surface area (Å²) in [6.45, 7) is 7.12. The van der Waals surface area contributed by atoms with Gasteiger partial charge in [0.25, 0.3) is 0 Å². The molecule has 0 radical (unpaired) electrons. The predicted molar refractivity (Wildman–Crippen MR) is 192 cm³/mol. The summed E-state index contributed by atoms with van der Waals surface area (Å²) in [4.78, 5) is 24.6. The van der Waals surface area contributed by atoms with E-state index in [0.717, 1.165) is 62.5 Å². The van der Waals surface area contributed by atoms with Crippen molar-refractivity contribution in [2.75, 3.05) is 19.8 Å². The van der Waals surface area contributed by atoms with Gasteiger partial charge in [-0.25, -0.2) is 18.4 Å². The van der Waals surface area contributed by atoms with E-state index in [1.807, 2.05) is 26.0 Å². The maximum absolute atomic E-state index is 15.0. The van der Waals surface area contributed by atoms with Crippen molar-refractivity contribution in [2.24, 2.45) is 0 Å². The fraction of sp³-hybridized carbons (Fsp3) is 0.524. The maximum Gasteiger partial charge on any atom is 0.338 e. The SMILES string of the molecule is CCCCCCCOc1ccc(C2CCC(c3ccc(OCCCCOC(=O)c4ccc(C(=O)OC(C)CCC)cc4)c(F)c3)CC2)cc1F. The van der Waals surface area contributed by atoms with Crippen LogP contribution in [0.5, 0.6) is 11.5 Å². The smallest absolute Gasteiger partial charge is 0.338 e. The van der Waals surface area contributed by atoms with Crippen LogP contribution in [0.2, 0.25) is 0 Å². The number of unbranched alkanes of at least 4 members (excludes halogenated alkanes) is 5. The predicted octanol–water partition coefficient (Wildman–Crippen LogP) is 11.1. The lowest BCUT2D eigenvalue weighted by atomic mass is 9.76. The van der Waals surface area contributed by atoms with Gasteiger partial charge < -0.3 is 18.9 Å². The highest BCUT2D eigenvalue weighted by atomic mass is 19.1. The Kier molecular flexibility index (Phi) is 16.1. The van der Waals surface area contributed by atoms with Gasteiger partial charge in [0.15, 0.2) is 23.1 Å². The summed E-state index contributed by atoms with van der Waals surface area (Å²) in [5, 5.41) is 0. The minimum atomic E-state index is -0.473. The molecular formula is C42H54F2O6. The number of esters is 2. The molecule has 4 rings (SSSR count). The molecular weight excluding hydrogens is 638 g/mol. The van der Waals surface area contributed by atoms with Gasteiger partial charge in [0.1, 0.15) is 0 Å². The zero-order valence-electron chi connectivity index (χ0n) is 30.0. The van der Waals surface area contributed by atoms with Crippen molar-refractivity contribution in [1.82, 2.24) is 0 Å². The van der Waals surface area contributed by atoms with Crippen molar-refractivity contribution in [3.05, 3.63) is 94.6 Å². The van der Waals surface area contributed by atoms with Gasteiger partial charge in [-0.05, 0) is 130 Å². The molecule has 6 nitrogen and oxygen atoms in total. The molecule has 1 saturated carbocycles. The molecule has 1 unspecified atom stereocenters. The first-order valence-corrected chi connectivity index (χ1v) is 18.6. The summed E-state index contributed by atoms with van der Waals surface area (Å²) in [5.41, 5.74) is 2.71. The second kappa shape index (κ2) is 20.7. The lowest BCUT2D eigenvalue weighted by Gasteiger charge is -2.29. The number of rotatable bonds is 20. The number of carbonyl (C=O) groups excluding carboxylic acids is 2. The summed E-state index contributed by atoms with van der Waals surface area (Å²) in [7, 11) is 0. The van der Waals surface area contributed by atoms with E-state index >= 15 is 0 Å². The van der Waals surface area contributed by atoms with Crippen LogP contribution in [0.3, 0.4) is 0 Å². The van der Waals surface area contributed by atoms with E-state index in [0.29, 0.717) is 42.9 Å². The molecule has 1 aliphatic carbocycles. The molecule has 1 atom stereocenters. The Labute approximate surface area is 296 Å². The first-order chi connectivity index (χ1) is 24.3. The van der Waals surface area contributed by atoms with E-state index < -0.39 is 11.9 Å². The quantitative estimate of drug-likeness (QED) is 0.0867. The van der Waals surface area contributed by atoms with Gasteiger partial charge in [-0.15, -0.1) is 0 Å². The van der Waals surface area contributed by atoms with E-state index in [4.69, 9.17) is 18.9 Å². The molecule has 0 aromatic heterocycles. The highest BCUT2D eigenvalue weighted by molar-refractivity contribution is 5.93. The standard InChI is InChI=1S/C42H54F2O6/c1-4-6-7-8-9-25-47-39-23-21-35(28-37(39)43)31-13-15-32(16-14-31)36-22-24-40(38(44)29-36)48-26-10-11-27-49-41(45)33-17-19-34(20-18-33)42(46)50-30(3)12-5-2/h17-24,28-32H,4-16,25-27H2,1-3H3. The minimum absolute atomic E-state index is 0.159. The van der Waals surface area contributed by atoms with Crippen LogP contribution >= 0.6 is 0 Å². The third-order valence-electron chi connectivity index (χ3n) is 9.48. The Balaban J connectivity index is 1.12. The molecule has 0 spiro atoms. The molecule has 272 valence electrons. The monoisotopic (exact) mass is 692 g/mol. The van der Waals surface area contributed by atoms with E-state index in [9.17, 15) is 18.4 Å². The van der Waals surface area contributed by atoms with Crippen LogP contribution < -0.4 is 9.47 Å². The number of benzene rings is 3. The van der Waals surface area contributed by atoms with Crippen molar-refractivity contribution < 1.29 is 37.3 Å². The molecule has 0 heterocycles. The summed E-state index contributed by atoms with van der Waals surface area (Å²) < 4.78 is 51.8. The van der Waals surface area contributed by atoms with Crippen LogP contribution in [-0.4, -0.2) is 37.9 Å². The highest BCUT2D eigenvalue weighted by Crippen LogP contribution is 2.41. The highest BCUT2D eigenvalue weighted by Gasteiger charge is 2.25. The van der Waals surface area contributed by atoms with E-state index in [1.54, 1.807) is 48.5 Å². The van der Waals surface area contributed by atoms with Gasteiger partial charge in [0.2, 0.25) is 0 Å². The molecule has 3 aromatic carbocycles. The first kappa shape index (κ1) is 38.9. The van der Waals surface area contributed by atoms with E-state index in [-0.39, 0.29) is 41.9 Å². The number of hydrogen-bond donors (Lipinski definition) is 0. The number of halogens is 2. The van der Waals surface area contributed by atoms with Gasteiger partial charge in [-0.3, -0.25) is 0 Å². The molecule has 3 aromatic rings. The Morgan fingerprint density at radius 2 is 1.12 bits per heavy atom. The van der Waals surface area contributed by atoms with Gasteiger partial charge >= 0.3 is 11.9 Å². The molecule has 50 heavy (non-hydrogen) atoms. The van der Waals surface area contributed by atoms with Gasteiger partial charge in [-0.2, -0.15) is 0 Å². The summed E-state index contributed by atoms with van der Waals surface area (Å²) >= 11 is 0. The van der Waals surface area contributed by atoms with Crippen LogP contribution in [-0.2, 0) is 9.47 Å². The minimum Gasteiger partial charge on any atom is -0.491 e. The maximum atomic E-state index is 15.0. The second-order valence-corrected chi connectivity index (χ2v) is 13.5. The second-order valence-electron chi connectivity index (χ2n) is 13.5. The fourth-order valence-electron chi connectivity index (χ4n) is 6.52. The molecule has 0 amide bonds. The summed E-state index contributed by atoms with van der Waals surface area (Å²) in [6, 6.07) is 16.8. The van der Waals surface area contributed by atoms with Gasteiger partial charge in [-0.1, -0.05) is 58.1 Å². The zero-order valence-corrected chi connectivity index (χ0v) is 30.0. The Morgan fingerprint density at radius 3 is 1.62 bits per heavy atom. The average molecular weight is 693 g/mol. The first-order valence-electron chi connectivity index (χ1n) is 18.6. The largest absolute Gasteiger partial charge is 0.491 e. The van der Waals surface area contributed by atoms with Crippen molar-refractivity contribution in [3.8, 4) is 11.5 Å². The summed E-state index contributed by atoms with van der Waals surface area (Å²) in [5.74, 6) is -0.487. The topological polar surface area (TPSA) is 71.1 Å². The van der Waals surface area contributed by atoms with Crippen molar-refractivity contribution in [1.29, 1.82) is 0 Å². The van der Waals surface area contributed by atoms with Crippen LogP contribution in [0.4, 0.5) is 8.78 Å². The van der Waals surface area contributed by atoms with Crippen molar-refractivity contribution >= 4 is 11.9 Å². The normalized spacial score (nSPS) is 16.4. The molecule has 1 aliphatic rings. The number of carbonyl (C=O) groups is 2. The molecule has 0 saturated heterocycles. The van der Waals surface area contributed by atoms with Gasteiger partial charge in [0.05, 0.1) is 37.1 Å². The van der Waals surface area contributed by atoms with E-state index in [2.05, 4.69) is 6.92 Å². The molecule has 0 N–H and O–H groups in total. The molecule has 0 bridgehead atoms. The van der Waals surface area contributed by atoms with Crippen LogP contribution in [0, 0.1) is 11.6 Å². The lowest BCUT2D eigenvalue weighted by Crippen LogP contribution is -2.15. The average Bonchev–Trinajstić information content (AvgIpc) is 3.12. The Bertz CT molecular complexity index is 1480. The number of ether oxygens (including phenoxy) is 4.